The lowest BCUT2D eigenvalue weighted by atomic mass is 10.1. The molecule has 0 atom stereocenters. The highest BCUT2D eigenvalue weighted by atomic mass is 32.2. The molecule has 0 saturated carbocycles. The predicted molar refractivity (Wildman–Crippen MR) is 106 cm³/mol. The van der Waals surface area contributed by atoms with Gasteiger partial charge >= 0.3 is 0 Å². The van der Waals surface area contributed by atoms with Gasteiger partial charge in [0.15, 0.2) is 0 Å². The zero-order valence-corrected chi connectivity index (χ0v) is 16.8. The molecule has 2 aromatic carbocycles. The Hall–Kier alpha value is -2.78. The van der Waals surface area contributed by atoms with Gasteiger partial charge in [0, 0.05) is 44.4 Å². The summed E-state index contributed by atoms with van der Waals surface area (Å²) in [5.41, 5.74) is 1.07. The average Bonchev–Trinajstić information content (AvgIpc) is 2.95. The van der Waals surface area contributed by atoms with Crippen LogP contribution >= 0.6 is 0 Å². The molecule has 0 unspecified atom stereocenters. The number of amides is 2. The monoisotopic (exact) mass is 419 g/mol. The van der Waals surface area contributed by atoms with Crippen molar-refractivity contribution in [3.8, 4) is 0 Å². The molecule has 29 heavy (non-hydrogen) atoms. The molecule has 154 valence electrons. The largest absolute Gasteiger partial charge is 0.337 e. The fraction of sp³-hybridized carbons (Fsp3) is 0.300. The third-order valence-corrected chi connectivity index (χ3v) is 6.56. The first-order valence-corrected chi connectivity index (χ1v) is 10.6. The maximum atomic E-state index is 13.1. The van der Waals surface area contributed by atoms with Crippen LogP contribution in [0.3, 0.4) is 0 Å². The standard InChI is InChI=1S/C20H22FN3O4S/c1-15(25)22-18-7-3-16(4-8-18)20(26)23-11-2-12-24(14-13-23)29(27,28)19-9-5-17(21)6-10-19/h3-10H,2,11-14H2,1H3,(H,22,25). The van der Waals surface area contributed by atoms with E-state index in [1.165, 1.54) is 23.4 Å². The van der Waals surface area contributed by atoms with Gasteiger partial charge in [0.1, 0.15) is 5.82 Å². The molecular formula is C20H22FN3O4S. The van der Waals surface area contributed by atoms with Crippen LogP contribution in [0.25, 0.3) is 0 Å². The number of halogens is 1. The van der Waals surface area contributed by atoms with E-state index in [4.69, 9.17) is 0 Å². The summed E-state index contributed by atoms with van der Waals surface area (Å²) in [6.45, 7) is 2.54. The van der Waals surface area contributed by atoms with E-state index in [2.05, 4.69) is 5.32 Å². The van der Waals surface area contributed by atoms with Gasteiger partial charge in [0.2, 0.25) is 15.9 Å². The maximum Gasteiger partial charge on any atom is 0.253 e. The first-order chi connectivity index (χ1) is 13.8. The Morgan fingerprint density at radius 3 is 2.21 bits per heavy atom. The van der Waals surface area contributed by atoms with E-state index < -0.39 is 15.8 Å². The van der Waals surface area contributed by atoms with Crippen molar-refractivity contribution < 1.29 is 22.4 Å². The number of carbonyl (C=O) groups is 2. The van der Waals surface area contributed by atoms with E-state index in [-0.39, 0.29) is 36.3 Å². The highest BCUT2D eigenvalue weighted by molar-refractivity contribution is 7.89. The number of benzene rings is 2. The number of carbonyl (C=O) groups excluding carboxylic acids is 2. The highest BCUT2D eigenvalue weighted by Gasteiger charge is 2.28. The van der Waals surface area contributed by atoms with Crippen LogP contribution in [0.1, 0.15) is 23.7 Å². The van der Waals surface area contributed by atoms with Gasteiger partial charge in [-0.2, -0.15) is 4.31 Å². The molecule has 0 aliphatic carbocycles. The summed E-state index contributed by atoms with van der Waals surface area (Å²) in [6, 6.07) is 11.3. The third kappa shape index (κ3) is 4.99. The van der Waals surface area contributed by atoms with Crippen molar-refractivity contribution in [1.82, 2.24) is 9.21 Å². The van der Waals surface area contributed by atoms with Gasteiger partial charge in [-0.05, 0) is 55.0 Å². The Kier molecular flexibility index (Phi) is 6.29. The van der Waals surface area contributed by atoms with Crippen LogP contribution in [0.5, 0.6) is 0 Å². The van der Waals surface area contributed by atoms with Gasteiger partial charge < -0.3 is 10.2 Å². The van der Waals surface area contributed by atoms with Crippen molar-refractivity contribution in [2.24, 2.45) is 0 Å². The zero-order valence-electron chi connectivity index (χ0n) is 16.0. The molecule has 9 heteroatoms. The quantitative estimate of drug-likeness (QED) is 0.824. The fourth-order valence-corrected chi connectivity index (χ4v) is 4.64. The van der Waals surface area contributed by atoms with Gasteiger partial charge in [-0.3, -0.25) is 9.59 Å². The van der Waals surface area contributed by atoms with Crippen LogP contribution in [0.4, 0.5) is 10.1 Å². The molecule has 1 aliphatic rings. The molecular weight excluding hydrogens is 397 g/mol. The minimum atomic E-state index is -3.74. The van der Waals surface area contributed by atoms with Crippen LogP contribution in [-0.2, 0) is 14.8 Å². The first kappa shape index (κ1) is 20.9. The van der Waals surface area contributed by atoms with E-state index in [9.17, 15) is 22.4 Å². The molecule has 1 N–H and O–H groups in total. The molecule has 1 fully saturated rings. The Balaban J connectivity index is 1.68. The molecule has 0 spiro atoms. The van der Waals surface area contributed by atoms with E-state index in [1.807, 2.05) is 0 Å². The molecule has 2 amide bonds. The van der Waals surface area contributed by atoms with E-state index >= 15 is 0 Å². The summed E-state index contributed by atoms with van der Waals surface area (Å²) in [7, 11) is -3.74. The lowest BCUT2D eigenvalue weighted by Crippen LogP contribution is -2.37. The average molecular weight is 419 g/mol. The number of rotatable bonds is 4. The van der Waals surface area contributed by atoms with Crippen molar-refractivity contribution >= 4 is 27.5 Å². The van der Waals surface area contributed by atoms with Crippen LogP contribution < -0.4 is 5.32 Å². The van der Waals surface area contributed by atoms with Crippen molar-refractivity contribution in [3.05, 3.63) is 59.9 Å². The Morgan fingerprint density at radius 1 is 0.931 bits per heavy atom. The molecule has 0 bridgehead atoms. The van der Waals surface area contributed by atoms with E-state index in [0.29, 0.717) is 24.2 Å². The van der Waals surface area contributed by atoms with Crippen molar-refractivity contribution in [3.63, 3.8) is 0 Å². The van der Waals surface area contributed by atoms with Crippen LogP contribution in [0.15, 0.2) is 53.4 Å². The molecule has 1 saturated heterocycles. The van der Waals surface area contributed by atoms with E-state index in [0.717, 1.165) is 12.1 Å². The second-order valence-corrected chi connectivity index (χ2v) is 8.70. The zero-order chi connectivity index (χ0) is 21.0. The summed E-state index contributed by atoms with van der Waals surface area (Å²) >= 11 is 0. The molecule has 7 nitrogen and oxygen atoms in total. The topological polar surface area (TPSA) is 86.8 Å². The molecule has 3 rings (SSSR count). The van der Waals surface area contributed by atoms with Crippen LogP contribution in [0.2, 0.25) is 0 Å². The van der Waals surface area contributed by atoms with Gasteiger partial charge in [-0.15, -0.1) is 0 Å². The summed E-state index contributed by atoms with van der Waals surface area (Å²) in [6.07, 6.45) is 0.496. The van der Waals surface area contributed by atoms with Gasteiger partial charge in [-0.25, -0.2) is 12.8 Å². The minimum Gasteiger partial charge on any atom is -0.337 e. The van der Waals surface area contributed by atoms with Crippen molar-refractivity contribution in [1.29, 1.82) is 0 Å². The SMILES string of the molecule is CC(=O)Nc1ccc(C(=O)N2CCCN(S(=O)(=O)c3ccc(F)cc3)CC2)cc1. The molecule has 0 radical (unpaired) electrons. The summed E-state index contributed by atoms with van der Waals surface area (Å²) in [5, 5.41) is 2.64. The number of anilines is 1. The lowest BCUT2D eigenvalue weighted by molar-refractivity contribution is -0.114. The molecule has 1 heterocycles. The van der Waals surface area contributed by atoms with Gasteiger partial charge in [-0.1, -0.05) is 0 Å². The van der Waals surface area contributed by atoms with Crippen LogP contribution in [-0.4, -0.2) is 55.6 Å². The third-order valence-electron chi connectivity index (χ3n) is 4.65. The minimum absolute atomic E-state index is 0.0345. The number of nitrogens with zero attached hydrogens (tertiary/aromatic N) is 2. The second kappa shape index (κ2) is 8.71. The fourth-order valence-electron chi connectivity index (χ4n) is 3.17. The Morgan fingerprint density at radius 2 is 1.59 bits per heavy atom. The highest BCUT2D eigenvalue weighted by Crippen LogP contribution is 2.19. The number of nitrogens with one attached hydrogen (secondary N) is 1. The molecule has 1 aliphatic heterocycles. The summed E-state index contributed by atoms with van der Waals surface area (Å²) in [4.78, 5) is 25.5. The van der Waals surface area contributed by atoms with Gasteiger partial charge in [0.05, 0.1) is 4.90 Å². The van der Waals surface area contributed by atoms with Gasteiger partial charge in [0.25, 0.3) is 5.91 Å². The number of sulfonamides is 1. The summed E-state index contributed by atoms with van der Waals surface area (Å²) < 4.78 is 40.0. The Labute approximate surface area is 169 Å². The predicted octanol–water partition coefficient (Wildman–Crippen LogP) is 2.32. The van der Waals surface area contributed by atoms with Crippen molar-refractivity contribution in [2.45, 2.75) is 18.2 Å². The summed E-state index contributed by atoms with van der Waals surface area (Å²) in [5.74, 6) is -0.888. The van der Waals surface area contributed by atoms with E-state index in [1.54, 1.807) is 29.2 Å². The Bertz CT molecular complexity index is 991. The first-order valence-electron chi connectivity index (χ1n) is 9.20. The normalized spacial score (nSPS) is 15.6. The molecule has 2 aromatic rings. The van der Waals surface area contributed by atoms with Crippen LogP contribution in [0, 0.1) is 5.82 Å². The maximum absolute atomic E-state index is 13.1. The number of hydrogen-bond donors (Lipinski definition) is 1. The smallest absolute Gasteiger partial charge is 0.253 e. The second-order valence-electron chi connectivity index (χ2n) is 6.76. The van der Waals surface area contributed by atoms with Crippen molar-refractivity contribution in [2.75, 3.05) is 31.5 Å². The molecule has 0 aromatic heterocycles. The lowest BCUT2D eigenvalue weighted by Gasteiger charge is -2.22. The number of hydrogen-bond acceptors (Lipinski definition) is 4.